The molecule has 6 nitrogen and oxygen atoms in total. The highest BCUT2D eigenvalue weighted by Crippen LogP contribution is 2.15. The van der Waals surface area contributed by atoms with E-state index in [1.165, 1.54) is 31.4 Å². The summed E-state index contributed by atoms with van der Waals surface area (Å²) in [6, 6.07) is 5.69. The molecule has 0 aromatic heterocycles. The maximum Gasteiger partial charge on any atom is 0.325 e. The number of methoxy groups -OCH3 is 1. The summed E-state index contributed by atoms with van der Waals surface area (Å²) in [5.74, 6) is -0.114. The third kappa shape index (κ3) is 3.72. The number of rotatable bonds is 5. The highest BCUT2D eigenvalue weighted by Gasteiger charge is 2.15. The largest absolute Gasteiger partial charge is 0.497 e. The average molecular weight is 259 g/mol. The Hall–Kier alpha value is -1.60. The van der Waals surface area contributed by atoms with Crippen molar-refractivity contribution in [3.8, 4) is 5.75 Å². The first-order chi connectivity index (χ1) is 7.99. The minimum absolute atomic E-state index is 0.0118. The third-order valence-electron chi connectivity index (χ3n) is 1.92. The van der Waals surface area contributed by atoms with Crippen LogP contribution in [0.15, 0.2) is 29.2 Å². The van der Waals surface area contributed by atoms with E-state index in [0.717, 1.165) is 0 Å². The summed E-state index contributed by atoms with van der Waals surface area (Å²) in [4.78, 5) is 16.9. The first-order valence-electron chi connectivity index (χ1n) is 4.85. The number of carbonyl (C=O) groups excluding carboxylic acids is 1. The van der Waals surface area contributed by atoms with E-state index in [9.17, 15) is 13.2 Å². The van der Waals surface area contributed by atoms with E-state index in [2.05, 4.69) is 4.84 Å². The molecule has 0 aliphatic carbocycles. The van der Waals surface area contributed by atoms with Crippen LogP contribution in [0.1, 0.15) is 13.3 Å². The lowest BCUT2D eigenvalue weighted by Crippen LogP contribution is -2.26. The Labute approximate surface area is 99.5 Å². The van der Waals surface area contributed by atoms with Gasteiger partial charge in [0, 0.05) is 6.42 Å². The van der Waals surface area contributed by atoms with Gasteiger partial charge in [-0.1, -0.05) is 6.92 Å². The van der Waals surface area contributed by atoms with Gasteiger partial charge in [-0.05, 0) is 29.2 Å². The van der Waals surface area contributed by atoms with Gasteiger partial charge in [0.05, 0.1) is 12.0 Å². The first kappa shape index (κ1) is 13.5. The van der Waals surface area contributed by atoms with Crippen LogP contribution in [-0.4, -0.2) is 21.5 Å². The summed E-state index contributed by atoms with van der Waals surface area (Å²) in [7, 11) is -2.36. The van der Waals surface area contributed by atoms with E-state index in [1.807, 2.05) is 0 Å². The van der Waals surface area contributed by atoms with E-state index in [4.69, 9.17) is 4.74 Å². The predicted octanol–water partition coefficient (Wildman–Crippen LogP) is 0.842. The fourth-order valence-electron chi connectivity index (χ4n) is 0.976. The van der Waals surface area contributed by atoms with Crippen molar-refractivity contribution in [1.82, 2.24) is 4.89 Å². The summed E-state index contributed by atoms with van der Waals surface area (Å²) in [5, 5.41) is 0. The van der Waals surface area contributed by atoms with Gasteiger partial charge in [0.2, 0.25) is 0 Å². The Morgan fingerprint density at radius 3 is 2.35 bits per heavy atom. The van der Waals surface area contributed by atoms with Gasteiger partial charge >= 0.3 is 5.97 Å². The molecule has 0 atom stereocenters. The van der Waals surface area contributed by atoms with Crippen LogP contribution < -0.4 is 9.62 Å². The number of ether oxygens (including phenoxy) is 1. The van der Waals surface area contributed by atoms with Crippen LogP contribution in [-0.2, 0) is 19.7 Å². The van der Waals surface area contributed by atoms with Crippen molar-refractivity contribution in [2.45, 2.75) is 18.2 Å². The molecular formula is C10H13NO5S. The molecule has 0 unspecified atom stereocenters. The van der Waals surface area contributed by atoms with Crippen LogP contribution in [0, 0.1) is 0 Å². The molecule has 0 aliphatic rings. The molecule has 7 heteroatoms. The third-order valence-corrected chi connectivity index (χ3v) is 3.12. The number of carbonyl (C=O) groups is 1. The summed E-state index contributed by atoms with van der Waals surface area (Å²) < 4.78 is 28.1. The monoisotopic (exact) mass is 259 g/mol. The van der Waals surface area contributed by atoms with Crippen LogP contribution >= 0.6 is 0 Å². The van der Waals surface area contributed by atoms with Gasteiger partial charge in [-0.3, -0.25) is 4.79 Å². The van der Waals surface area contributed by atoms with Crippen molar-refractivity contribution in [1.29, 1.82) is 0 Å². The molecule has 0 heterocycles. The molecule has 0 aliphatic heterocycles. The Balaban J connectivity index is 2.78. The quantitative estimate of drug-likeness (QED) is 0.792. The maximum atomic E-state index is 11.6. The average Bonchev–Trinajstić information content (AvgIpc) is 2.36. The van der Waals surface area contributed by atoms with Crippen LogP contribution in [0.5, 0.6) is 5.75 Å². The smallest absolute Gasteiger partial charge is 0.325 e. The van der Waals surface area contributed by atoms with Gasteiger partial charge in [0.15, 0.2) is 0 Å². The zero-order valence-corrected chi connectivity index (χ0v) is 10.3. The highest BCUT2D eigenvalue weighted by atomic mass is 32.2. The molecule has 0 saturated carbocycles. The number of benzene rings is 1. The molecule has 0 bridgehead atoms. The van der Waals surface area contributed by atoms with Gasteiger partial charge < -0.3 is 9.57 Å². The summed E-state index contributed by atoms with van der Waals surface area (Å²) in [6.45, 7) is 1.56. The minimum Gasteiger partial charge on any atom is -0.497 e. The minimum atomic E-state index is -3.84. The van der Waals surface area contributed by atoms with Crippen LogP contribution in [0.2, 0.25) is 0 Å². The van der Waals surface area contributed by atoms with Crippen LogP contribution in [0.3, 0.4) is 0 Å². The van der Waals surface area contributed by atoms with Gasteiger partial charge in [-0.2, -0.15) is 0 Å². The first-order valence-corrected chi connectivity index (χ1v) is 6.33. The van der Waals surface area contributed by atoms with Crippen molar-refractivity contribution in [3.63, 3.8) is 0 Å². The van der Waals surface area contributed by atoms with E-state index in [1.54, 1.807) is 11.8 Å². The number of hydrogen-bond acceptors (Lipinski definition) is 5. The zero-order valence-electron chi connectivity index (χ0n) is 9.47. The number of nitrogens with one attached hydrogen (secondary N) is 1. The van der Waals surface area contributed by atoms with Crippen molar-refractivity contribution >= 4 is 16.0 Å². The van der Waals surface area contributed by atoms with Crippen molar-refractivity contribution < 1.29 is 22.8 Å². The zero-order chi connectivity index (χ0) is 12.9. The summed E-state index contributed by atoms with van der Waals surface area (Å²) in [6.07, 6.45) is 0.0884. The summed E-state index contributed by atoms with van der Waals surface area (Å²) in [5.41, 5.74) is 0. The lowest BCUT2D eigenvalue weighted by atomic mass is 10.3. The molecule has 1 aromatic carbocycles. The normalized spacial score (nSPS) is 10.9. The fourth-order valence-corrected chi connectivity index (χ4v) is 1.77. The molecule has 17 heavy (non-hydrogen) atoms. The van der Waals surface area contributed by atoms with Gasteiger partial charge in [-0.25, -0.2) is 8.42 Å². The molecular weight excluding hydrogens is 246 g/mol. The van der Waals surface area contributed by atoms with E-state index >= 15 is 0 Å². The second-order valence-electron chi connectivity index (χ2n) is 3.09. The van der Waals surface area contributed by atoms with Gasteiger partial charge in [-0.15, -0.1) is 0 Å². The van der Waals surface area contributed by atoms with Gasteiger partial charge in [0.1, 0.15) is 5.75 Å². The molecule has 0 saturated heterocycles. The lowest BCUT2D eigenvalue weighted by Gasteiger charge is -2.06. The molecule has 0 spiro atoms. The standard InChI is InChI=1S/C10H13NO5S/c1-3-10(12)16-11-17(13,14)9-6-4-8(15-2)5-7-9/h4-7,11H,3H2,1-2H3. The Morgan fingerprint density at radius 2 is 1.88 bits per heavy atom. The molecule has 0 radical (unpaired) electrons. The molecule has 1 N–H and O–H groups in total. The fraction of sp³-hybridized carbons (Fsp3) is 0.300. The summed E-state index contributed by atoms with van der Waals surface area (Å²) >= 11 is 0. The van der Waals surface area contributed by atoms with Crippen LogP contribution in [0.25, 0.3) is 0 Å². The van der Waals surface area contributed by atoms with E-state index in [0.29, 0.717) is 5.75 Å². The second-order valence-corrected chi connectivity index (χ2v) is 4.73. The molecule has 0 fully saturated rings. The molecule has 0 amide bonds. The lowest BCUT2D eigenvalue weighted by molar-refractivity contribution is -0.146. The molecule has 1 rings (SSSR count). The Morgan fingerprint density at radius 1 is 1.29 bits per heavy atom. The Kier molecular flexibility index (Phi) is 4.47. The van der Waals surface area contributed by atoms with Crippen molar-refractivity contribution in [3.05, 3.63) is 24.3 Å². The van der Waals surface area contributed by atoms with E-state index in [-0.39, 0.29) is 11.3 Å². The van der Waals surface area contributed by atoms with Crippen molar-refractivity contribution in [2.24, 2.45) is 0 Å². The number of sulfonamides is 1. The molecule has 94 valence electrons. The topological polar surface area (TPSA) is 81.7 Å². The second kappa shape index (κ2) is 5.65. The van der Waals surface area contributed by atoms with Gasteiger partial charge in [0.25, 0.3) is 10.0 Å². The number of hydrogen-bond donors (Lipinski definition) is 1. The van der Waals surface area contributed by atoms with Crippen LogP contribution in [0.4, 0.5) is 0 Å². The van der Waals surface area contributed by atoms with Crippen molar-refractivity contribution in [2.75, 3.05) is 7.11 Å². The molecule has 1 aromatic rings. The SMILES string of the molecule is CCC(=O)ONS(=O)(=O)c1ccc(OC)cc1. The van der Waals surface area contributed by atoms with E-state index < -0.39 is 16.0 Å². The highest BCUT2D eigenvalue weighted by molar-refractivity contribution is 7.89. The maximum absolute atomic E-state index is 11.6. The Bertz CT molecular complexity index is 480. The predicted molar refractivity (Wildman–Crippen MR) is 59.7 cm³/mol.